The Hall–Kier alpha value is -3.07. The van der Waals surface area contributed by atoms with Crippen LogP contribution in [0.25, 0.3) is 0 Å². The quantitative estimate of drug-likeness (QED) is 0.363. The topological polar surface area (TPSA) is 111 Å². The molecule has 0 fully saturated rings. The smallest absolute Gasteiger partial charge is 0.265 e. The number of hydrogen-bond donors (Lipinski definition) is 3. The van der Waals surface area contributed by atoms with Crippen molar-refractivity contribution in [3.8, 4) is 5.75 Å². The summed E-state index contributed by atoms with van der Waals surface area (Å²) in [6.07, 6.45) is 2.91. The number of halogens is 2. The highest BCUT2D eigenvalue weighted by Gasteiger charge is 2.25. The zero-order chi connectivity index (χ0) is 25.1. The number of carbonyl (C=O) groups is 3. The second-order valence-corrected chi connectivity index (χ2v) is 10.1. The predicted molar refractivity (Wildman–Crippen MR) is 139 cm³/mol. The van der Waals surface area contributed by atoms with Crippen molar-refractivity contribution in [1.29, 1.82) is 0 Å². The molecule has 3 aromatic rings. The molecule has 1 heterocycles. The third kappa shape index (κ3) is 5.78. The lowest BCUT2D eigenvalue weighted by Gasteiger charge is -2.16. The highest BCUT2D eigenvalue weighted by atomic mass is 35.5. The van der Waals surface area contributed by atoms with Gasteiger partial charge in [-0.2, -0.15) is 0 Å². The molecule has 0 spiro atoms. The third-order valence-electron chi connectivity index (χ3n) is 5.63. The average Bonchev–Trinajstić information content (AvgIpc) is 3.19. The Morgan fingerprint density at radius 1 is 1.03 bits per heavy atom. The van der Waals surface area contributed by atoms with Crippen LogP contribution in [0.3, 0.4) is 0 Å². The molecule has 4 N–H and O–H groups in total. The maximum absolute atomic E-state index is 12.8. The summed E-state index contributed by atoms with van der Waals surface area (Å²) in [7, 11) is 0. The first-order valence-corrected chi connectivity index (χ1v) is 12.6. The van der Waals surface area contributed by atoms with Gasteiger partial charge < -0.3 is 21.1 Å². The molecule has 0 saturated carbocycles. The summed E-state index contributed by atoms with van der Waals surface area (Å²) in [6.45, 7) is 1.60. The molecule has 1 aliphatic rings. The highest BCUT2D eigenvalue weighted by Crippen LogP contribution is 2.38. The SMILES string of the molecule is CC(Oc1ccc(C(=O)Nc2sc3c(c2C(N)=O)CCCC3)cc1)C(=O)Nc1cc(Cl)ccc1Cl. The number of thiophene rings is 1. The molecule has 4 rings (SSSR count). The van der Waals surface area contributed by atoms with Gasteiger partial charge >= 0.3 is 0 Å². The lowest BCUT2D eigenvalue weighted by Crippen LogP contribution is -2.30. The Bertz CT molecular complexity index is 1290. The summed E-state index contributed by atoms with van der Waals surface area (Å²) >= 11 is 13.5. The molecule has 0 aliphatic heterocycles. The zero-order valence-electron chi connectivity index (χ0n) is 18.8. The van der Waals surface area contributed by atoms with E-state index < -0.39 is 17.9 Å². The first-order valence-electron chi connectivity index (χ1n) is 11.0. The van der Waals surface area contributed by atoms with E-state index in [1.807, 2.05) is 0 Å². The molecule has 7 nitrogen and oxygen atoms in total. The van der Waals surface area contributed by atoms with Crippen LogP contribution in [-0.2, 0) is 17.6 Å². The van der Waals surface area contributed by atoms with Crippen molar-refractivity contribution in [1.82, 2.24) is 0 Å². The fourth-order valence-electron chi connectivity index (χ4n) is 3.86. The number of aryl methyl sites for hydroxylation is 1. The summed E-state index contributed by atoms with van der Waals surface area (Å²) in [4.78, 5) is 38.5. The fraction of sp³-hybridized carbons (Fsp3) is 0.240. The lowest BCUT2D eigenvalue weighted by atomic mass is 9.95. The average molecular weight is 532 g/mol. The summed E-state index contributed by atoms with van der Waals surface area (Å²) in [5.74, 6) is -0.892. The van der Waals surface area contributed by atoms with Gasteiger partial charge in [-0.3, -0.25) is 14.4 Å². The van der Waals surface area contributed by atoms with Crippen LogP contribution in [0.2, 0.25) is 10.0 Å². The normalized spacial score (nSPS) is 13.5. The van der Waals surface area contributed by atoms with Crippen LogP contribution in [0, 0.1) is 0 Å². The van der Waals surface area contributed by atoms with Crippen molar-refractivity contribution in [2.75, 3.05) is 10.6 Å². The van der Waals surface area contributed by atoms with Crippen LogP contribution in [0.1, 0.15) is 50.9 Å². The number of benzene rings is 2. The standard InChI is InChI=1S/C25H23Cl2N3O4S/c1-13(23(32)29-19-12-15(26)8-11-18(19)27)34-16-9-6-14(7-10-16)24(33)30-25-21(22(28)31)17-4-2-3-5-20(17)35-25/h6-13H,2-5H2,1H3,(H2,28,31)(H,29,32)(H,30,33). The van der Waals surface area contributed by atoms with Crippen molar-refractivity contribution < 1.29 is 19.1 Å². The molecule has 35 heavy (non-hydrogen) atoms. The van der Waals surface area contributed by atoms with Crippen molar-refractivity contribution in [3.05, 3.63) is 74.1 Å². The van der Waals surface area contributed by atoms with E-state index in [9.17, 15) is 14.4 Å². The van der Waals surface area contributed by atoms with E-state index in [2.05, 4.69) is 10.6 Å². The Kier molecular flexibility index (Phi) is 7.64. The monoisotopic (exact) mass is 531 g/mol. The van der Waals surface area contributed by atoms with Crippen molar-refractivity contribution in [2.45, 2.75) is 38.7 Å². The molecule has 10 heteroatoms. The number of carbonyl (C=O) groups excluding carboxylic acids is 3. The number of primary amides is 1. The number of nitrogens with one attached hydrogen (secondary N) is 2. The predicted octanol–water partition coefficient (Wildman–Crippen LogP) is 5.69. The summed E-state index contributed by atoms with van der Waals surface area (Å²) in [5.41, 5.74) is 7.74. The van der Waals surface area contributed by atoms with Gasteiger partial charge in [-0.1, -0.05) is 23.2 Å². The third-order valence-corrected chi connectivity index (χ3v) is 7.40. The second kappa shape index (κ2) is 10.7. The van der Waals surface area contributed by atoms with Gasteiger partial charge in [0.2, 0.25) is 0 Å². The van der Waals surface area contributed by atoms with E-state index in [-0.39, 0.29) is 5.91 Å². The molecule has 1 atom stereocenters. The Morgan fingerprint density at radius 2 is 1.74 bits per heavy atom. The Balaban J connectivity index is 1.40. The largest absolute Gasteiger partial charge is 0.481 e. The fourth-order valence-corrected chi connectivity index (χ4v) is 5.49. The van der Waals surface area contributed by atoms with Gasteiger partial charge in [-0.05, 0) is 80.6 Å². The van der Waals surface area contributed by atoms with Crippen LogP contribution < -0.4 is 21.1 Å². The Morgan fingerprint density at radius 3 is 2.46 bits per heavy atom. The van der Waals surface area contributed by atoms with E-state index >= 15 is 0 Å². The van der Waals surface area contributed by atoms with Gasteiger partial charge in [0.15, 0.2) is 6.10 Å². The van der Waals surface area contributed by atoms with Crippen molar-refractivity contribution in [3.63, 3.8) is 0 Å². The Labute approximate surface area is 216 Å². The van der Waals surface area contributed by atoms with Crippen LogP contribution in [0.4, 0.5) is 10.7 Å². The van der Waals surface area contributed by atoms with Gasteiger partial charge in [-0.15, -0.1) is 11.3 Å². The number of amides is 3. The zero-order valence-corrected chi connectivity index (χ0v) is 21.2. The second-order valence-electron chi connectivity index (χ2n) is 8.13. The molecule has 2 aromatic carbocycles. The minimum Gasteiger partial charge on any atom is -0.481 e. The van der Waals surface area contributed by atoms with Crippen LogP contribution in [-0.4, -0.2) is 23.8 Å². The molecule has 0 bridgehead atoms. The first-order chi connectivity index (χ1) is 16.7. The summed E-state index contributed by atoms with van der Waals surface area (Å²) < 4.78 is 5.70. The molecule has 3 amide bonds. The van der Waals surface area contributed by atoms with Gasteiger partial charge in [-0.25, -0.2) is 0 Å². The van der Waals surface area contributed by atoms with Gasteiger partial charge in [0, 0.05) is 15.5 Å². The number of fused-ring (bicyclic) bond motifs is 1. The van der Waals surface area contributed by atoms with E-state index in [1.54, 1.807) is 49.4 Å². The molecule has 0 saturated heterocycles. The highest BCUT2D eigenvalue weighted by molar-refractivity contribution is 7.17. The lowest BCUT2D eigenvalue weighted by molar-refractivity contribution is -0.122. The molecular weight excluding hydrogens is 509 g/mol. The van der Waals surface area contributed by atoms with Gasteiger partial charge in [0.25, 0.3) is 17.7 Å². The minimum absolute atomic E-state index is 0.358. The van der Waals surface area contributed by atoms with Gasteiger partial charge in [0.1, 0.15) is 10.8 Å². The molecule has 182 valence electrons. The van der Waals surface area contributed by atoms with E-state index in [0.29, 0.717) is 37.6 Å². The minimum atomic E-state index is -0.833. The molecular formula is C25H23Cl2N3O4S. The van der Waals surface area contributed by atoms with Crippen LogP contribution in [0.5, 0.6) is 5.75 Å². The molecule has 1 aromatic heterocycles. The molecule has 1 unspecified atom stereocenters. The molecule has 0 radical (unpaired) electrons. The number of hydrogen-bond acceptors (Lipinski definition) is 5. The van der Waals surface area contributed by atoms with Crippen LogP contribution >= 0.6 is 34.5 Å². The summed E-state index contributed by atoms with van der Waals surface area (Å²) in [6, 6.07) is 11.1. The maximum atomic E-state index is 12.8. The van der Waals surface area contributed by atoms with E-state index in [4.69, 9.17) is 33.7 Å². The number of rotatable bonds is 7. The number of ether oxygens (including phenoxy) is 1. The van der Waals surface area contributed by atoms with E-state index in [1.165, 1.54) is 11.3 Å². The number of nitrogens with two attached hydrogens (primary N) is 1. The van der Waals surface area contributed by atoms with Crippen molar-refractivity contribution >= 4 is 62.9 Å². The molecule has 1 aliphatic carbocycles. The van der Waals surface area contributed by atoms with Crippen LogP contribution in [0.15, 0.2) is 42.5 Å². The first kappa shape index (κ1) is 25.0. The summed E-state index contributed by atoms with van der Waals surface area (Å²) in [5, 5.41) is 6.80. The maximum Gasteiger partial charge on any atom is 0.265 e. The van der Waals surface area contributed by atoms with Gasteiger partial charge in [0.05, 0.1) is 16.3 Å². The number of anilines is 2. The van der Waals surface area contributed by atoms with E-state index in [0.717, 1.165) is 36.1 Å². The van der Waals surface area contributed by atoms with Crippen molar-refractivity contribution in [2.24, 2.45) is 5.73 Å².